The first-order chi connectivity index (χ1) is 15.8. The van der Waals surface area contributed by atoms with Crippen LogP contribution >= 0.6 is 15.9 Å². The summed E-state index contributed by atoms with van der Waals surface area (Å²) in [6.07, 6.45) is 1.60. The van der Waals surface area contributed by atoms with Crippen LogP contribution in [0, 0.1) is 32.1 Å². The van der Waals surface area contributed by atoms with Crippen LogP contribution in [0.5, 0.6) is 5.88 Å². The molecule has 170 valence electrons. The summed E-state index contributed by atoms with van der Waals surface area (Å²) < 4.78 is 13.7. The van der Waals surface area contributed by atoms with Crippen LogP contribution in [0.15, 0.2) is 46.0 Å². The number of rotatable bonds is 8. The molecule has 2 heterocycles. The van der Waals surface area contributed by atoms with E-state index in [9.17, 15) is 10.1 Å². The van der Waals surface area contributed by atoms with E-state index in [0.29, 0.717) is 11.3 Å². The summed E-state index contributed by atoms with van der Waals surface area (Å²) in [6, 6.07) is 13.8. The molecule has 0 aliphatic rings. The smallest absolute Gasteiger partial charge is 0.278 e. The molecular formula is C24H24BrN5O3. The third-order valence-corrected chi connectivity index (χ3v) is 5.42. The van der Waals surface area contributed by atoms with Gasteiger partial charge in [-0.2, -0.15) is 10.4 Å². The van der Waals surface area contributed by atoms with Crippen LogP contribution in [-0.2, 0) is 16.1 Å². The Kier molecular flexibility index (Phi) is 7.98. The first-order valence-corrected chi connectivity index (χ1v) is 10.9. The van der Waals surface area contributed by atoms with Crippen LogP contribution in [0.25, 0.3) is 5.69 Å². The van der Waals surface area contributed by atoms with E-state index in [1.165, 1.54) is 0 Å². The molecule has 8 nitrogen and oxygen atoms in total. The molecule has 33 heavy (non-hydrogen) atoms. The maximum atomic E-state index is 12.2. The number of nitrogens with one attached hydrogen (secondary N) is 1. The summed E-state index contributed by atoms with van der Waals surface area (Å²) in [7, 11) is 1.54. The molecule has 1 amide bonds. The van der Waals surface area contributed by atoms with Crippen molar-refractivity contribution in [3.63, 3.8) is 0 Å². The standard InChI is InChI=1S/C24H24BrN5O3/c1-15-9-19(13-32-4)22(11-26)24(28-15)33-14-23(31)29-27-12-18-10-16(2)30(17(18)3)21-7-5-20(25)6-8-21/h5-10,12H,13-14H2,1-4H3,(H,29,31)/b27-12+. The number of nitriles is 1. The maximum Gasteiger partial charge on any atom is 0.278 e. The predicted octanol–water partition coefficient (Wildman–Crippen LogP) is 4.11. The maximum absolute atomic E-state index is 12.2. The highest BCUT2D eigenvalue weighted by atomic mass is 79.9. The average molecular weight is 510 g/mol. The summed E-state index contributed by atoms with van der Waals surface area (Å²) in [5, 5.41) is 13.5. The van der Waals surface area contributed by atoms with Gasteiger partial charge in [-0.15, -0.1) is 0 Å². The minimum absolute atomic E-state index is 0.0988. The zero-order valence-corrected chi connectivity index (χ0v) is 20.4. The van der Waals surface area contributed by atoms with Crippen LogP contribution in [-0.4, -0.2) is 35.4 Å². The number of carbonyl (C=O) groups excluding carboxylic acids is 1. The topological polar surface area (TPSA) is 102 Å². The lowest BCUT2D eigenvalue weighted by molar-refractivity contribution is -0.123. The Morgan fingerprint density at radius 2 is 2.00 bits per heavy atom. The van der Waals surface area contributed by atoms with Crippen molar-refractivity contribution in [1.82, 2.24) is 15.0 Å². The molecule has 3 rings (SSSR count). The van der Waals surface area contributed by atoms with Gasteiger partial charge in [0.15, 0.2) is 6.61 Å². The number of amides is 1. The number of hydrogen-bond donors (Lipinski definition) is 1. The van der Waals surface area contributed by atoms with Crippen molar-refractivity contribution >= 4 is 28.1 Å². The Hall–Kier alpha value is -3.48. The number of hydrogen-bond acceptors (Lipinski definition) is 6. The summed E-state index contributed by atoms with van der Waals surface area (Å²) in [6.45, 7) is 5.71. The minimum Gasteiger partial charge on any atom is -0.467 e. The van der Waals surface area contributed by atoms with Gasteiger partial charge < -0.3 is 14.0 Å². The van der Waals surface area contributed by atoms with Gasteiger partial charge in [0, 0.05) is 45.5 Å². The molecule has 2 aromatic heterocycles. The first-order valence-electron chi connectivity index (χ1n) is 10.1. The summed E-state index contributed by atoms with van der Waals surface area (Å²) >= 11 is 3.45. The third-order valence-electron chi connectivity index (χ3n) is 4.90. The van der Waals surface area contributed by atoms with Crippen LogP contribution in [0.1, 0.15) is 33.8 Å². The molecule has 1 N–H and O–H groups in total. The predicted molar refractivity (Wildman–Crippen MR) is 129 cm³/mol. The average Bonchev–Trinajstić information content (AvgIpc) is 3.06. The Morgan fingerprint density at radius 3 is 2.67 bits per heavy atom. The van der Waals surface area contributed by atoms with Gasteiger partial charge in [-0.3, -0.25) is 4.79 Å². The van der Waals surface area contributed by atoms with E-state index in [1.54, 1.807) is 26.3 Å². The largest absolute Gasteiger partial charge is 0.467 e. The number of aryl methyl sites for hydroxylation is 2. The number of ether oxygens (including phenoxy) is 2. The van der Waals surface area contributed by atoms with Gasteiger partial charge in [-0.25, -0.2) is 10.4 Å². The molecule has 0 saturated heterocycles. The van der Waals surface area contributed by atoms with E-state index in [2.05, 4.69) is 42.1 Å². The van der Waals surface area contributed by atoms with Crippen molar-refractivity contribution in [3.05, 3.63) is 74.6 Å². The van der Waals surface area contributed by atoms with Gasteiger partial charge in [0.2, 0.25) is 5.88 Å². The molecule has 0 bridgehead atoms. The monoisotopic (exact) mass is 509 g/mol. The zero-order chi connectivity index (χ0) is 24.0. The lowest BCUT2D eigenvalue weighted by Gasteiger charge is -2.10. The van der Waals surface area contributed by atoms with Gasteiger partial charge in [0.1, 0.15) is 11.6 Å². The van der Waals surface area contributed by atoms with Gasteiger partial charge >= 0.3 is 0 Å². The number of halogens is 1. The van der Waals surface area contributed by atoms with Crippen molar-refractivity contribution in [3.8, 4) is 17.6 Å². The molecule has 0 fully saturated rings. The molecule has 0 spiro atoms. The van der Waals surface area contributed by atoms with E-state index in [-0.39, 0.29) is 24.7 Å². The second-order valence-corrected chi connectivity index (χ2v) is 8.28. The quantitative estimate of drug-likeness (QED) is 0.363. The van der Waals surface area contributed by atoms with Crippen molar-refractivity contribution in [2.24, 2.45) is 5.10 Å². The third kappa shape index (κ3) is 5.86. The molecule has 0 atom stereocenters. The summed E-state index contributed by atoms with van der Waals surface area (Å²) in [4.78, 5) is 16.4. The molecule has 9 heteroatoms. The van der Waals surface area contributed by atoms with Crippen LogP contribution in [0.3, 0.4) is 0 Å². The Morgan fingerprint density at radius 1 is 1.27 bits per heavy atom. The molecule has 0 aliphatic heterocycles. The number of hydrazone groups is 1. The van der Waals surface area contributed by atoms with E-state index in [0.717, 1.165) is 27.1 Å². The first kappa shape index (κ1) is 24.2. The van der Waals surface area contributed by atoms with Gasteiger partial charge in [0.05, 0.1) is 12.8 Å². The second kappa shape index (κ2) is 10.9. The summed E-state index contributed by atoms with van der Waals surface area (Å²) in [5.74, 6) is -0.366. The second-order valence-electron chi connectivity index (χ2n) is 7.37. The fraction of sp³-hybridized carbons (Fsp3) is 0.250. The molecular weight excluding hydrogens is 486 g/mol. The number of pyridine rings is 1. The Labute approximate surface area is 201 Å². The van der Waals surface area contributed by atoms with Crippen molar-refractivity contribution in [2.75, 3.05) is 13.7 Å². The Bertz CT molecular complexity index is 1230. The van der Waals surface area contributed by atoms with Gasteiger partial charge in [0.25, 0.3) is 5.91 Å². The van der Waals surface area contributed by atoms with Crippen molar-refractivity contribution in [2.45, 2.75) is 27.4 Å². The molecule has 0 unspecified atom stereocenters. The normalized spacial score (nSPS) is 10.9. The van der Waals surface area contributed by atoms with Gasteiger partial charge in [-0.05, 0) is 57.2 Å². The highest BCUT2D eigenvalue weighted by Gasteiger charge is 2.14. The van der Waals surface area contributed by atoms with Crippen LogP contribution in [0.2, 0.25) is 0 Å². The lowest BCUT2D eigenvalue weighted by atomic mass is 10.1. The highest BCUT2D eigenvalue weighted by molar-refractivity contribution is 9.10. The van der Waals surface area contributed by atoms with Crippen molar-refractivity contribution < 1.29 is 14.3 Å². The van der Waals surface area contributed by atoms with Crippen LogP contribution < -0.4 is 10.2 Å². The summed E-state index contributed by atoms with van der Waals surface area (Å²) in [5.41, 5.74) is 7.98. The number of methoxy groups -OCH3 is 1. The number of aromatic nitrogens is 2. The molecule has 3 aromatic rings. The highest BCUT2D eigenvalue weighted by Crippen LogP contribution is 2.22. The van der Waals surface area contributed by atoms with E-state index in [1.807, 2.05) is 44.2 Å². The number of carbonyl (C=O) groups is 1. The molecule has 1 aromatic carbocycles. The lowest BCUT2D eigenvalue weighted by Crippen LogP contribution is -2.25. The minimum atomic E-state index is -0.464. The molecule has 0 saturated carbocycles. The van der Waals surface area contributed by atoms with Gasteiger partial charge in [-0.1, -0.05) is 15.9 Å². The van der Waals surface area contributed by atoms with Crippen LogP contribution in [0.4, 0.5) is 0 Å². The Balaban J connectivity index is 1.65. The molecule has 0 radical (unpaired) electrons. The fourth-order valence-electron chi connectivity index (χ4n) is 3.45. The fourth-order valence-corrected chi connectivity index (χ4v) is 3.71. The van der Waals surface area contributed by atoms with E-state index in [4.69, 9.17) is 9.47 Å². The van der Waals surface area contributed by atoms with E-state index < -0.39 is 5.91 Å². The number of nitrogens with zero attached hydrogens (tertiary/aromatic N) is 4. The SMILES string of the molecule is COCc1cc(C)nc(OCC(=O)N/N=C/c2cc(C)n(-c3ccc(Br)cc3)c2C)c1C#N. The zero-order valence-electron chi connectivity index (χ0n) is 18.8. The van der Waals surface area contributed by atoms with Crippen molar-refractivity contribution in [1.29, 1.82) is 5.26 Å². The van der Waals surface area contributed by atoms with E-state index >= 15 is 0 Å². The molecule has 0 aliphatic carbocycles. The number of benzene rings is 1.